The molecule has 1 aliphatic rings. The molecule has 0 unspecified atom stereocenters. The van der Waals surface area contributed by atoms with E-state index in [1.54, 1.807) is 24.1 Å². The zero-order valence-corrected chi connectivity index (χ0v) is 12.1. The van der Waals surface area contributed by atoms with Gasteiger partial charge >= 0.3 is 0 Å². The SMILES string of the molecule is COc1ccccc1OCC(=O)N(CCC(N)=O)C1CC1. The Morgan fingerprint density at radius 3 is 2.52 bits per heavy atom. The highest BCUT2D eigenvalue weighted by Crippen LogP contribution is 2.28. The smallest absolute Gasteiger partial charge is 0.260 e. The van der Waals surface area contributed by atoms with Crippen LogP contribution in [-0.4, -0.2) is 43.0 Å². The Balaban J connectivity index is 1.91. The summed E-state index contributed by atoms with van der Waals surface area (Å²) in [5.74, 6) is 0.572. The molecule has 0 spiro atoms. The molecule has 0 heterocycles. The van der Waals surface area contributed by atoms with Crippen molar-refractivity contribution in [3.63, 3.8) is 0 Å². The highest BCUT2D eigenvalue weighted by Gasteiger charge is 2.32. The molecule has 114 valence electrons. The lowest BCUT2D eigenvalue weighted by Gasteiger charge is -2.22. The highest BCUT2D eigenvalue weighted by atomic mass is 16.5. The third-order valence-electron chi connectivity index (χ3n) is 3.33. The minimum atomic E-state index is -0.404. The third-order valence-corrected chi connectivity index (χ3v) is 3.33. The molecule has 6 heteroatoms. The number of para-hydroxylation sites is 2. The number of benzene rings is 1. The van der Waals surface area contributed by atoms with Gasteiger partial charge in [-0.1, -0.05) is 12.1 Å². The maximum atomic E-state index is 12.2. The van der Waals surface area contributed by atoms with Gasteiger partial charge in [-0.05, 0) is 25.0 Å². The van der Waals surface area contributed by atoms with Gasteiger partial charge < -0.3 is 20.1 Å². The number of rotatable bonds is 8. The second-order valence-corrected chi connectivity index (χ2v) is 4.97. The summed E-state index contributed by atoms with van der Waals surface area (Å²) in [4.78, 5) is 24.8. The summed E-state index contributed by atoms with van der Waals surface area (Å²) in [5.41, 5.74) is 5.14. The molecule has 6 nitrogen and oxygen atoms in total. The van der Waals surface area contributed by atoms with Gasteiger partial charge in [0.15, 0.2) is 18.1 Å². The minimum absolute atomic E-state index is 0.0738. The molecule has 2 amide bonds. The number of nitrogens with two attached hydrogens (primary N) is 1. The Morgan fingerprint density at radius 2 is 1.95 bits per heavy atom. The summed E-state index contributed by atoms with van der Waals surface area (Å²) < 4.78 is 10.7. The van der Waals surface area contributed by atoms with E-state index in [4.69, 9.17) is 15.2 Å². The summed E-state index contributed by atoms with van der Waals surface area (Å²) in [5, 5.41) is 0. The quantitative estimate of drug-likeness (QED) is 0.773. The van der Waals surface area contributed by atoms with Crippen LogP contribution in [0.1, 0.15) is 19.3 Å². The number of ether oxygens (including phenoxy) is 2. The lowest BCUT2D eigenvalue weighted by Crippen LogP contribution is -2.38. The van der Waals surface area contributed by atoms with Crippen LogP contribution in [0.2, 0.25) is 0 Å². The Bertz CT molecular complexity index is 514. The number of hydrogen-bond acceptors (Lipinski definition) is 4. The van der Waals surface area contributed by atoms with Gasteiger partial charge in [-0.15, -0.1) is 0 Å². The maximum absolute atomic E-state index is 12.2. The number of carbonyl (C=O) groups is 2. The molecule has 1 fully saturated rings. The van der Waals surface area contributed by atoms with Gasteiger partial charge in [0.05, 0.1) is 7.11 Å². The van der Waals surface area contributed by atoms with Crippen molar-refractivity contribution in [1.29, 1.82) is 0 Å². The molecule has 1 saturated carbocycles. The number of methoxy groups -OCH3 is 1. The fraction of sp³-hybridized carbons (Fsp3) is 0.467. The van der Waals surface area contributed by atoms with Crippen molar-refractivity contribution in [2.24, 2.45) is 5.73 Å². The molecule has 1 aromatic carbocycles. The summed E-state index contributed by atoms with van der Waals surface area (Å²) in [6, 6.07) is 7.38. The molecule has 0 aliphatic heterocycles. The normalized spacial score (nSPS) is 13.6. The van der Waals surface area contributed by atoms with Crippen LogP contribution >= 0.6 is 0 Å². The second kappa shape index (κ2) is 6.97. The largest absolute Gasteiger partial charge is 0.493 e. The lowest BCUT2D eigenvalue weighted by molar-refractivity contribution is -0.134. The number of hydrogen-bond donors (Lipinski definition) is 1. The number of nitrogens with zero attached hydrogens (tertiary/aromatic N) is 1. The monoisotopic (exact) mass is 292 g/mol. The average molecular weight is 292 g/mol. The van der Waals surface area contributed by atoms with E-state index in [-0.39, 0.29) is 25.0 Å². The van der Waals surface area contributed by atoms with Crippen LogP contribution in [0.3, 0.4) is 0 Å². The molecule has 21 heavy (non-hydrogen) atoms. The first-order valence-corrected chi connectivity index (χ1v) is 6.95. The van der Waals surface area contributed by atoms with E-state index in [1.165, 1.54) is 0 Å². The topological polar surface area (TPSA) is 81.9 Å². The summed E-state index contributed by atoms with van der Waals surface area (Å²) in [6.07, 6.45) is 2.12. The van der Waals surface area contributed by atoms with Gasteiger partial charge in [-0.3, -0.25) is 9.59 Å². The van der Waals surface area contributed by atoms with E-state index in [0.717, 1.165) is 12.8 Å². The molecule has 1 aromatic rings. The maximum Gasteiger partial charge on any atom is 0.260 e. The standard InChI is InChI=1S/C15H20N2O4/c1-20-12-4-2-3-5-13(12)21-10-15(19)17(11-6-7-11)9-8-14(16)18/h2-5,11H,6-10H2,1H3,(H2,16,18). The van der Waals surface area contributed by atoms with Crippen molar-refractivity contribution in [3.05, 3.63) is 24.3 Å². The molecule has 0 atom stereocenters. The van der Waals surface area contributed by atoms with Gasteiger partial charge in [-0.2, -0.15) is 0 Å². The second-order valence-electron chi connectivity index (χ2n) is 4.97. The number of primary amides is 1. The first kappa shape index (κ1) is 15.2. The van der Waals surface area contributed by atoms with Crippen molar-refractivity contribution < 1.29 is 19.1 Å². The summed E-state index contributed by atoms with van der Waals surface area (Å²) in [6.45, 7) is 0.282. The van der Waals surface area contributed by atoms with Crippen LogP contribution in [0, 0.1) is 0 Å². The van der Waals surface area contributed by atoms with E-state index in [2.05, 4.69) is 0 Å². The van der Waals surface area contributed by atoms with E-state index in [0.29, 0.717) is 18.0 Å². The number of amides is 2. The van der Waals surface area contributed by atoms with Crippen LogP contribution < -0.4 is 15.2 Å². The van der Waals surface area contributed by atoms with Crippen molar-refractivity contribution >= 4 is 11.8 Å². The van der Waals surface area contributed by atoms with E-state index in [9.17, 15) is 9.59 Å². The minimum Gasteiger partial charge on any atom is -0.493 e. The van der Waals surface area contributed by atoms with Gasteiger partial charge in [0.1, 0.15) is 0 Å². The molecule has 0 radical (unpaired) electrons. The van der Waals surface area contributed by atoms with Crippen LogP contribution in [0.15, 0.2) is 24.3 Å². The van der Waals surface area contributed by atoms with Gasteiger partial charge in [0, 0.05) is 19.0 Å². The first-order chi connectivity index (χ1) is 10.1. The molecular weight excluding hydrogens is 272 g/mol. The fourth-order valence-corrected chi connectivity index (χ4v) is 2.09. The summed E-state index contributed by atoms with van der Waals surface area (Å²) >= 11 is 0. The molecular formula is C15H20N2O4. The van der Waals surface area contributed by atoms with Crippen LogP contribution in [0.4, 0.5) is 0 Å². The Morgan fingerprint density at radius 1 is 1.29 bits per heavy atom. The van der Waals surface area contributed by atoms with Crippen LogP contribution in [-0.2, 0) is 9.59 Å². The third kappa shape index (κ3) is 4.37. The van der Waals surface area contributed by atoms with E-state index < -0.39 is 5.91 Å². The lowest BCUT2D eigenvalue weighted by atomic mass is 10.3. The molecule has 2 N–H and O–H groups in total. The Kier molecular flexibility index (Phi) is 5.03. The molecule has 0 saturated heterocycles. The molecule has 1 aliphatic carbocycles. The van der Waals surface area contributed by atoms with Crippen molar-refractivity contribution in [1.82, 2.24) is 4.90 Å². The fourth-order valence-electron chi connectivity index (χ4n) is 2.09. The average Bonchev–Trinajstić information content (AvgIpc) is 3.30. The van der Waals surface area contributed by atoms with E-state index >= 15 is 0 Å². The first-order valence-electron chi connectivity index (χ1n) is 6.95. The summed E-state index contributed by atoms with van der Waals surface area (Å²) in [7, 11) is 1.55. The van der Waals surface area contributed by atoms with Crippen LogP contribution in [0.25, 0.3) is 0 Å². The Labute approximate surface area is 123 Å². The Hall–Kier alpha value is -2.24. The van der Waals surface area contributed by atoms with Crippen molar-refractivity contribution in [3.8, 4) is 11.5 Å². The zero-order chi connectivity index (χ0) is 15.2. The van der Waals surface area contributed by atoms with E-state index in [1.807, 2.05) is 12.1 Å². The van der Waals surface area contributed by atoms with Gasteiger partial charge in [0.25, 0.3) is 5.91 Å². The van der Waals surface area contributed by atoms with Gasteiger partial charge in [-0.25, -0.2) is 0 Å². The van der Waals surface area contributed by atoms with Crippen molar-refractivity contribution in [2.75, 3.05) is 20.3 Å². The predicted molar refractivity (Wildman–Crippen MR) is 77.0 cm³/mol. The molecule has 2 rings (SSSR count). The molecule has 0 aromatic heterocycles. The molecule has 0 bridgehead atoms. The predicted octanol–water partition coefficient (Wildman–Crippen LogP) is 0.940. The zero-order valence-electron chi connectivity index (χ0n) is 12.1. The van der Waals surface area contributed by atoms with Crippen molar-refractivity contribution in [2.45, 2.75) is 25.3 Å². The number of carbonyl (C=O) groups excluding carboxylic acids is 2. The van der Waals surface area contributed by atoms with Gasteiger partial charge in [0.2, 0.25) is 5.91 Å². The highest BCUT2D eigenvalue weighted by molar-refractivity contribution is 5.80. The van der Waals surface area contributed by atoms with Crippen LogP contribution in [0.5, 0.6) is 11.5 Å².